The Balaban J connectivity index is 1.93. The van der Waals surface area contributed by atoms with Crippen LogP contribution in [-0.2, 0) is 14.5 Å². The molecule has 0 saturated carbocycles. The zero-order valence-electron chi connectivity index (χ0n) is 16.5. The SMILES string of the molecule is Cc1nn2ccccc2c1-c1nc(N=S(C)(C)=O)cc(N2CCOCC2C)n1. The fourth-order valence-corrected chi connectivity index (χ4v) is 3.96. The molecule has 0 spiro atoms. The van der Waals surface area contributed by atoms with Gasteiger partial charge < -0.3 is 9.64 Å². The highest BCUT2D eigenvalue weighted by molar-refractivity contribution is 7.92. The molecule has 0 radical (unpaired) electrons. The van der Waals surface area contributed by atoms with E-state index in [1.54, 1.807) is 18.6 Å². The van der Waals surface area contributed by atoms with Crippen LogP contribution in [0.5, 0.6) is 0 Å². The lowest BCUT2D eigenvalue weighted by molar-refractivity contribution is 0.0985. The molecule has 28 heavy (non-hydrogen) atoms. The van der Waals surface area contributed by atoms with E-state index in [1.165, 1.54) is 0 Å². The maximum atomic E-state index is 12.3. The summed E-state index contributed by atoms with van der Waals surface area (Å²) in [6, 6.07) is 7.87. The van der Waals surface area contributed by atoms with Crippen molar-refractivity contribution in [3.63, 3.8) is 0 Å². The van der Waals surface area contributed by atoms with E-state index in [0.717, 1.165) is 29.1 Å². The Morgan fingerprint density at radius 3 is 2.86 bits per heavy atom. The molecule has 0 amide bonds. The van der Waals surface area contributed by atoms with Gasteiger partial charge in [-0.25, -0.2) is 18.7 Å². The first kappa shape index (κ1) is 18.8. The maximum Gasteiger partial charge on any atom is 0.168 e. The van der Waals surface area contributed by atoms with Crippen molar-refractivity contribution in [2.75, 3.05) is 37.2 Å². The number of morpholine rings is 1. The molecule has 3 aromatic rings. The van der Waals surface area contributed by atoms with Crippen LogP contribution in [-0.4, -0.2) is 62.1 Å². The largest absolute Gasteiger partial charge is 0.377 e. The first-order valence-electron chi connectivity index (χ1n) is 9.17. The van der Waals surface area contributed by atoms with Gasteiger partial charge in [-0.15, -0.1) is 0 Å². The van der Waals surface area contributed by atoms with Crippen LogP contribution in [0.25, 0.3) is 16.9 Å². The van der Waals surface area contributed by atoms with E-state index in [0.29, 0.717) is 24.9 Å². The van der Waals surface area contributed by atoms with E-state index < -0.39 is 9.73 Å². The van der Waals surface area contributed by atoms with Gasteiger partial charge in [0.2, 0.25) is 0 Å². The van der Waals surface area contributed by atoms with Crippen molar-refractivity contribution in [1.82, 2.24) is 19.6 Å². The van der Waals surface area contributed by atoms with Crippen LogP contribution in [0.4, 0.5) is 11.6 Å². The van der Waals surface area contributed by atoms with Gasteiger partial charge in [-0.1, -0.05) is 6.07 Å². The summed E-state index contributed by atoms with van der Waals surface area (Å²) in [7, 11) is -2.36. The molecule has 1 saturated heterocycles. The average molecular weight is 401 g/mol. The molecule has 1 aliphatic heterocycles. The van der Waals surface area contributed by atoms with Crippen LogP contribution in [0.1, 0.15) is 12.6 Å². The lowest BCUT2D eigenvalue weighted by Gasteiger charge is -2.34. The molecule has 0 aromatic carbocycles. The number of nitrogens with zero attached hydrogens (tertiary/aromatic N) is 6. The summed E-state index contributed by atoms with van der Waals surface area (Å²) in [5.74, 6) is 1.72. The zero-order valence-corrected chi connectivity index (χ0v) is 17.3. The van der Waals surface area contributed by atoms with Crippen LogP contribution < -0.4 is 4.90 Å². The number of hydrogen-bond acceptors (Lipinski definition) is 7. The lowest BCUT2D eigenvalue weighted by Crippen LogP contribution is -2.44. The number of pyridine rings is 1. The third-order valence-corrected chi connectivity index (χ3v) is 5.24. The van der Waals surface area contributed by atoms with Crippen LogP contribution in [0.2, 0.25) is 0 Å². The second-order valence-electron chi connectivity index (χ2n) is 7.29. The second-order valence-corrected chi connectivity index (χ2v) is 9.83. The molecule has 4 rings (SSSR count). The standard InChI is InChI=1S/C19H24N6O2S/c1-13-12-27-10-9-24(13)17-11-16(23-28(3,4)26)20-19(21-17)18-14(2)22-25-8-6-5-7-15(18)25/h5-8,11,13H,9-10,12H2,1-4H3. The Bertz CT molecular complexity index is 1140. The predicted octanol–water partition coefficient (Wildman–Crippen LogP) is 2.68. The van der Waals surface area contributed by atoms with Crippen LogP contribution >= 0.6 is 0 Å². The molecular formula is C19H24N6O2S. The monoisotopic (exact) mass is 400 g/mol. The summed E-state index contributed by atoms with van der Waals surface area (Å²) in [5, 5.41) is 4.57. The minimum atomic E-state index is -2.36. The van der Waals surface area contributed by atoms with Crippen molar-refractivity contribution >= 4 is 26.9 Å². The Morgan fingerprint density at radius 2 is 2.11 bits per heavy atom. The number of aromatic nitrogens is 4. The Hall–Kier alpha value is -2.52. The lowest BCUT2D eigenvalue weighted by atomic mass is 10.2. The van der Waals surface area contributed by atoms with Crippen molar-refractivity contribution in [2.24, 2.45) is 4.36 Å². The van der Waals surface area contributed by atoms with E-state index >= 15 is 0 Å². The molecule has 148 valence electrons. The molecule has 1 unspecified atom stereocenters. The summed E-state index contributed by atoms with van der Waals surface area (Å²) in [6.07, 6.45) is 5.11. The van der Waals surface area contributed by atoms with Gasteiger partial charge in [0, 0.05) is 41.0 Å². The molecule has 4 heterocycles. The number of rotatable bonds is 3. The number of aryl methyl sites for hydroxylation is 1. The van der Waals surface area contributed by atoms with Crippen molar-refractivity contribution in [3.05, 3.63) is 36.2 Å². The summed E-state index contributed by atoms with van der Waals surface area (Å²) in [6.45, 7) is 6.05. The number of anilines is 1. The fourth-order valence-electron chi connectivity index (χ4n) is 3.41. The smallest absolute Gasteiger partial charge is 0.168 e. The summed E-state index contributed by atoms with van der Waals surface area (Å²) < 4.78 is 24.0. The molecule has 1 aliphatic rings. The minimum absolute atomic E-state index is 0.182. The molecule has 3 aromatic heterocycles. The fraction of sp³-hybridized carbons (Fsp3) is 0.421. The van der Waals surface area contributed by atoms with Gasteiger partial charge in [0.1, 0.15) is 5.82 Å². The van der Waals surface area contributed by atoms with E-state index in [1.807, 2.05) is 35.8 Å². The quantitative estimate of drug-likeness (QED) is 0.672. The molecule has 8 nitrogen and oxygen atoms in total. The molecule has 1 fully saturated rings. The van der Waals surface area contributed by atoms with Crippen molar-refractivity contribution in [2.45, 2.75) is 19.9 Å². The molecule has 0 N–H and O–H groups in total. The van der Waals surface area contributed by atoms with E-state index in [-0.39, 0.29) is 6.04 Å². The topological polar surface area (TPSA) is 85.0 Å². The Kier molecular flexibility index (Phi) is 4.80. The van der Waals surface area contributed by atoms with Crippen molar-refractivity contribution in [1.29, 1.82) is 0 Å². The summed E-state index contributed by atoms with van der Waals surface area (Å²) in [5.41, 5.74) is 2.61. The molecule has 0 aliphatic carbocycles. The highest BCUT2D eigenvalue weighted by Crippen LogP contribution is 2.30. The van der Waals surface area contributed by atoms with Gasteiger partial charge in [0.05, 0.1) is 36.0 Å². The predicted molar refractivity (Wildman–Crippen MR) is 111 cm³/mol. The third-order valence-electron chi connectivity index (χ3n) is 4.61. The Morgan fingerprint density at radius 1 is 1.29 bits per heavy atom. The second kappa shape index (κ2) is 7.14. The highest BCUT2D eigenvalue weighted by Gasteiger charge is 2.23. The highest BCUT2D eigenvalue weighted by atomic mass is 32.2. The zero-order chi connectivity index (χ0) is 19.9. The summed E-state index contributed by atoms with van der Waals surface area (Å²) in [4.78, 5) is 11.7. The van der Waals surface area contributed by atoms with E-state index in [9.17, 15) is 4.21 Å². The molecular weight excluding hydrogens is 376 g/mol. The average Bonchev–Trinajstić information content (AvgIpc) is 2.96. The van der Waals surface area contributed by atoms with Crippen molar-refractivity contribution in [3.8, 4) is 11.4 Å². The maximum absolute atomic E-state index is 12.3. The molecule has 9 heteroatoms. The first-order chi connectivity index (χ1) is 13.3. The van der Waals surface area contributed by atoms with Crippen LogP contribution in [0.3, 0.4) is 0 Å². The van der Waals surface area contributed by atoms with Crippen LogP contribution in [0, 0.1) is 6.92 Å². The summed E-state index contributed by atoms with van der Waals surface area (Å²) >= 11 is 0. The Labute approximate surface area is 164 Å². The molecule has 1 atom stereocenters. The van der Waals surface area contributed by atoms with Gasteiger partial charge in [-0.3, -0.25) is 0 Å². The van der Waals surface area contributed by atoms with Crippen LogP contribution in [0.15, 0.2) is 34.8 Å². The van der Waals surface area contributed by atoms with Gasteiger partial charge in [-0.05, 0) is 26.0 Å². The molecule has 0 bridgehead atoms. The number of fused-ring (bicyclic) bond motifs is 1. The minimum Gasteiger partial charge on any atom is -0.377 e. The number of ether oxygens (including phenoxy) is 1. The first-order valence-corrected chi connectivity index (χ1v) is 11.5. The van der Waals surface area contributed by atoms with Gasteiger partial charge >= 0.3 is 0 Å². The third kappa shape index (κ3) is 3.72. The van der Waals surface area contributed by atoms with Gasteiger partial charge in [-0.2, -0.15) is 9.46 Å². The van der Waals surface area contributed by atoms with E-state index in [4.69, 9.17) is 9.72 Å². The normalized spacial score (nSPS) is 17.9. The van der Waals surface area contributed by atoms with Crippen molar-refractivity contribution < 1.29 is 8.95 Å². The van der Waals surface area contributed by atoms with E-state index in [2.05, 4.69) is 26.3 Å². The number of hydrogen-bond donors (Lipinski definition) is 0. The van der Waals surface area contributed by atoms with Gasteiger partial charge in [0.15, 0.2) is 11.6 Å². The van der Waals surface area contributed by atoms with Gasteiger partial charge in [0.25, 0.3) is 0 Å².